The van der Waals surface area contributed by atoms with Gasteiger partial charge in [-0.15, -0.1) is 0 Å². The lowest BCUT2D eigenvalue weighted by Gasteiger charge is -2.33. The Kier molecular flexibility index (Phi) is 4.37. The second kappa shape index (κ2) is 6.81. The van der Waals surface area contributed by atoms with Crippen LogP contribution in [0.5, 0.6) is 0 Å². The summed E-state index contributed by atoms with van der Waals surface area (Å²) >= 11 is 0. The van der Waals surface area contributed by atoms with Gasteiger partial charge >= 0.3 is 0 Å². The van der Waals surface area contributed by atoms with Crippen LogP contribution in [-0.4, -0.2) is 42.8 Å². The Hall–Kier alpha value is -2.45. The zero-order valence-electron chi connectivity index (χ0n) is 14.1. The molecule has 0 aromatic carbocycles. The Bertz CT molecular complexity index is 802. The second-order valence-electron chi connectivity index (χ2n) is 6.48. The molecule has 1 fully saturated rings. The number of likely N-dealkylation sites (tertiary alicyclic amines) is 1. The zero-order valence-corrected chi connectivity index (χ0v) is 14.1. The number of nitrogens with zero attached hydrogens (tertiary/aromatic N) is 5. The Labute approximate surface area is 145 Å². The highest BCUT2D eigenvalue weighted by atomic mass is 16.5. The molecule has 0 unspecified atom stereocenters. The fourth-order valence-corrected chi connectivity index (χ4v) is 3.32. The van der Waals surface area contributed by atoms with Crippen molar-refractivity contribution in [2.75, 3.05) is 13.1 Å². The van der Waals surface area contributed by atoms with E-state index in [4.69, 9.17) is 8.94 Å². The molecule has 0 radical (unpaired) electrons. The van der Waals surface area contributed by atoms with E-state index in [-0.39, 0.29) is 5.92 Å². The SMILES string of the molecule is Cn1ccnc1[C@@H](O)C1CCN(Cc2nc(-c3ccoc3)no2)CC1. The van der Waals surface area contributed by atoms with Crippen molar-refractivity contribution in [1.82, 2.24) is 24.6 Å². The number of piperidine rings is 1. The molecule has 4 rings (SSSR count). The fourth-order valence-electron chi connectivity index (χ4n) is 3.32. The third-order valence-electron chi connectivity index (χ3n) is 4.81. The molecule has 0 bridgehead atoms. The maximum absolute atomic E-state index is 10.5. The van der Waals surface area contributed by atoms with Crippen LogP contribution < -0.4 is 0 Å². The van der Waals surface area contributed by atoms with Crippen LogP contribution in [0.15, 0.2) is 39.9 Å². The van der Waals surface area contributed by atoms with Crippen molar-refractivity contribution in [3.63, 3.8) is 0 Å². The molecule has 25 heavy (non-hydrogen) atoms. The molecule has 0 saturated carbocycles. The molecular formula is C17H21N5O3. The van der Waals surface area contributed by atoms with Crippen LogP contribution in [0.3, 0.4) is 0 Å². The van der Waals surface area contributed by atoms with Gasteiger partial charge in [0.25, 0.3) is 0 Å². The van der Waals surface area contributed by atoms with Crippen LogP contribution >= 0.6 is 0 Å². The topological polar surface area (TPSA) is 93.3 Å². The van der Waals surface area contributed by atoms with Crippen LogP contribution in [0, 0.1) is 5.92 Å². The van der Waals surface area contributed by atoms with Gasteiger partial charge in [-0.25, -0.2) is 4.98 Å². The number of rotatable bonds is 5. The van der Waals surface area contributed by atoms with E-state index in [9.17, 15) is 5.11 Å². The van der Waals surface area contributed by atoms with E-state index in [1.54, 1.807) is 24.8 Å². The number of aliphatic hydroxyl groups excluding tert-OH is 1. The first-order valence-corrected chi connectivity index (χ1v) is 8.43. The first-order valence-electron chi connectivity index (χ1n) is 8.43. The minimum absolute atomic E-state index is 0.224. The summed E-state index contributed by atoms with van der Waals surface area (Å²) in [5.74, 6) is 2.10. The summed E-state index contributed by atoms with van der Waals surface area (Å²) in [6, 6.07) is 1.80. The molecule has 0 spiro atoms. The van der Waals surface area contributed by atoms with Crippen LogP contribution in [0.4, 0.5) is 0 Å². The van der Waals surface area contributed by atoms with E-state index in [0.717, 1.165) is 37.3 Å². The van der Waals surface area contributed by atoms with Gasteiger partial charge in [0, 0.05) is 19.4 Å². The van der Waals surface area contributed by atoms with Gasteiger partial charge in [0.15, 0.2) is 0 Å². The minimum atomic E-state index is -0.516. The monoisotopic (exact) mass is 343 g/mol. The number of furan rings is 1. The lowest BCUT2D eigenvalue weighted by atomic mass is 9.91. The molecular weight excluding hydrogens is 322 g/mol. The standard InChI is InChI=1S/C17H21N5O3/c1-21-8-5-18-17(21)15(23)12-2-6-22(7-3-12)10-14-19-16(20-25-14)13-4-9-24-11-13/h4-5,8-9,11-12,15,23H,2-3,6-7,10H2,1H3/t15-/m0/s1. The second-order valence-corrected chi connectivity index (χ2v) is 6.48. The molecule has 3 aromatic rings. The maximum Gasteiger partial charge on any atom is 0.241 e. The van der Waals surface area contributed by atoms with Crippen molar-refractivity contribution in [2.24, 2.45) is 13.0 Å². The molecule has 1 aliphatic rings. The average molecular weight is 343 g/mol. The molecule has 8 heteroatoms. The summed E-state index contributed by atoms with van der Waals surface area (Å²) in [5.41, 5.74) is 0.812. The largest absolute Gasteiger partial charge is 0.472 e. The normalized spacial score (nSPS) is 17.8. The van der Waals surface area contributed by atoms with E-state index in [2.05, 4.69) is 20.0 Å². The van der Waals surface area contributed by atoms with Gasteiger partial charge in [0.1, 0.15) is 18.2 Å². The number of aliphatic hydroxyl groups is 1. The Morgan fingerprint density at radius 3 is 2.88 bits per heavy atom. The number of hydrogen-bond donors (Lipinski definition) is 1. The average Bonchev–Trinajstić information content (AvgIpc) is 3.36. The lowest BCUT2D eigenvalue weighted by Crippen LogP contribution is -2.35. The molecule has 1 aliphatic heterocycles. The van der Waals surface area contributed by atoms with E-state index in [1.165, 1.54) is 0 Å². The molecule has 0 aliphatic carbocycles. The van der Waals surface area contributed by atoms with Crippen molar-refractivity contribution in [2.45, 2.75) is 25.5 Å². The molecule has 8 nitrogen and oxygen atoms in total. The number of aryl methyl sites for hydroxylation is 1. The van der Waals surface area contributed by atoms with Gasteiger partial charge in [0.2, 0.25) is 11.7 Å². The smallest absolute Gasteiger partial charge is 0.241 e. The fraction of sp³-hybridized carbons (Fsp3) is 0.471. The summed E-state index contributed by atoms with van der Waals surface area (Å²) in [5, 5.41) is 14.5. The molecule has 4 heterocycles. The first kappa shape index (κ1) is 16.0. The van der Waals surface area contributed by atoms with Crippen LogP contribution in [0.1, 0.15) is 30.7 Å². The third kappa shape index (κ3) is 3.35. The van der Waals surface area contributed by atoms with Crippen molar-refractivity contribution >= 4 is 0 Å². The molecule has 1 saturated heterocycles. The molecule has 1 N–H and O–H groups in total. The van der Waals surface area contributed by atoms with E-state index < -0.39 is 6.10 Å². The van der Waals surface area contributed by atoms with Crippen molar-refractivity contribution in [3.8, 4) is 11.4 Å². The quantitative estimate of drug-likeness (QED) is 0.757. The van der Waals surface area contributed by atoms with Crippen molar-refractivity contribution in [3.05, 3.63) is 42.7 Å². The van der Waals surface area contributed by atoms with Gasteiger partial charge in [-0.3, -0.25) is 4.90 Å². The summed E-state index contributed by atoms with van der Waals surface area (Å²) < 4.78 is 12.3. The lowest BCUT2D eigenvalue weighted by molar-refractivity contribution is 0.0466. The Morgan fingerprint density at radius 1 is 1.36 bits per heavy atom. The molecule has 132 valence electrons. The van der Waals surface area contributed by atoms with Gasteiger partial charge in [-0.2, -0.15) is 4.98 Å². The van der Waals surface area contributed by atoms with Crippen molar-refractivity contribution < 1.29 is 14.0 Å². The van der Waals surface area contributed by atoms with Crippen molar-refractivity contribution in [1.29, 1.82) is 0 Å². The van der Waals surface area contributed by atoms with Gasteiger partial charge in [-0.05, 0) is 37.9 Å². The maximum atomic E-state index is 10.5. The molecule has 1 atom stereocenters. The van der Waals surface area contributed by atoms with Crippen LogP contribution in [0.25, 0.3) is 11.4 Å². The highest BCUT2D eigenvalue weighted by molar-refractivity contribution is 5.51. The predicted molar refractivity (Wildman–Crippen MR) is 88.2 cm³/mol. The highest BCUT2D eigenvalue weighted by Crippen LogP contribution is 2.30. The molecule has 0 amide bonds. The summed E-state index contributed by atoms with van der Waals surface area (Å²) in [6.45, 7) is 2.39. The number of hydrogen-bond acceptors (Lipinski definition) is 7. The Morgan fingerprint density at radius 2 is 2.20 bits per heavy atom. The van der Waals surface area contributed by atoms with E-state index in [1.807, 2.05) is 17.8 Å². The van der Waals surface area contributed by atoms with Gasteiger partial charge in [0.05, 0.1) is 18.4 Å². The predicted octanol–water partition coefficient (Wildman–Crippen LogP) is 2.01. The third-order valence-corrected chi connectivity index (χ3v) is 4.81. The summed E-state index contributed by atoms with van der Waals surface area (Å²) in [6.07, 6.45) is 8.08. The molecule has 3 aromatic heterocycles. The van der Waals surface area contributed by atoms with Crippen LogP contribution in [0.2, 0.25) is 0 Å². The summed E-state index contributed by atoms with van der Waals surface area (Å²) in [4.78, 5) is 10.9. The Balaban J connectivity index is 1.33. The van der Waals surface area contributed by atoms with Gasteiger partial charge in [-0.1, -0.05) is 5.16 Å². The zero-order chi connectivity index (χ0) is 17.2. The summed E-state index contributed by atoms with van der Waals surface area (Å²) in [7, 11) is 1.91. The first-order chi connectivity index (χ1) is 12.2. The highest BCUT2D eigenvalue weighted by Gasteiger charge is 2.29. The number of imidazole rings is 1. The number of aromatic nitrogens is 4. The van der Waals surface area contributed by atoms with Gasteiger partial charge < -0.3 is 18.6 Å². The van der Waals surface area contributed by atoms with Crippen LogP contribution in [-0.2, 0) is 13.6 Å². The minimum Gasteiger partial charge on any atom is -0.472 e. The van der Waals surface area contributed by atoms with E-state index >= 15 is 0 Å². The van der Waals surface area contributed by atoms with E-state index in [0.29, 0.717) is 18.3 Å².